The molecule has 21 heavy (non-hydrogen) atoms. The third-order valence-corrected chi connectivity index (χ3v) is 3.55. The summed E-state index contributed by atoms with van der Waals surface area (Å²) >= 11 is 6.11. The fourth-order valence-corrected chi connectivity index (χ4v) is 2.71. The van der Waals surface area contributed by atoms with E-state index < -0.39 is 10.9 Å². The van der Waals surface area contributed by atoms with E-state index >= 15 is 0 Å². The van der Waals surface area contributed by atoms with Crippen LogP contribution in [0.4, 0.5) is 11.4 Å². The maximum atomic E-state index is 11.4. The minimum atomic E-state index is -1.24. The second-order valence-electron chi connectivity index (χ2n) is 4.87. The van der Waals surface area contributed by atoms with Gasteiger partial charge in [0.2, 0.25) is 0 Å². The number of benzene rings is 1. The number of halogens is 1. The number of aromatic carboxylic acids is 1. The number of carboxylic acid groups (broad SMARTS) is 1. The quantitative estimate of drug-likeness (QED) is 0.681. The first-order valence-electron chi connectivity index (χ1n) is 6.48. The first kappa shape index (κ1) is 15.5. The average Bonchev–Trinajstić information content (AvgIpc) is 2.62. The predicted octanol–water partition coefficient (Wildman–Crippen LogP) is 2.56. The van der Waals surface area contributed by atoms with Crippen LogP contribution in [0.5, 0.6) is 0 Å². The molecule has 0 aliphatic carbocycles. The highest BCUT2D eigenvalue weighted by molar-refractivity contribution is 6.34. The summed E-state index contributed by atoms with van der Waals surface area (Å²) in [5.41, 5.74) is -0.185. The summed E-state index contributed by atoms with van der Waals surface area (Å²) in [5, 5.41) is 20.2. The van der Waals surface area contributed by atoms with Gasteiger partial charge < -0.3 is 14.7 Å². The Morgan fingerprint density at radius 1 is 1.57 bits per heavy atom. The molecule has 0 aromatic heterocycles. The molecule has 7 nitrogen and oxygen atoms in total. The van der Waals surface area contributed by atoms with Gasteiger partial charge in [-0.1, -0.05) is 11.6 Å². The second kappa shape index (κ2) is 6.28. The van der Waals surface area contributed by atoms with Gasteiger partial charge in [0.1, 0.15) is 0 Å². The third-order valence-electron chi connectivity index (χ3n) is 3.26. The molecule has 1 aliphatic rings. The molecule has 0 spiro atoms. The molecule has 1 aromatic carbocycles. The highest BCUT2D eigenvalue weighted by Gasteiger charge is 2.26. The zero-order valence-electron chi connectivity index (χ0n) is 11.4. The number of hydrogen-bond acceptors (Lipinski definition) is 5. The molecule has 0 bridgehead atoms. The molecule has 0 amide bonds. The monoisotopic (exact) mass is 314 g/mol. The van der Waals surface area contributed by atoms with E-state index in [0.717, 1.165) is 12.5 Å². The van der Waals surface area contributed by atoms with Gasteiger partial charge in [0, 0.05) is 31.8 Å². The molecule has 1 N–H and O–H groups in total. The fraction of sp³-hybridized carbons (Fsp3) is 0.462. The molecule has 1 heterocycles. The van der Waals surface area contributed by atoms with Crippen LogP contribution in [0.15, 0.2) is 12.1 Å². The summed E-state index contributed by atoms with van der Waals surface area (Å²) in [6.07, 6.45) is 0.664. The maximum absolute atomic E-state index is 11.4. The van der Waals surface area contributed by atoms with Crippen molar-refractivity contribution in [2.24, 2.45) is 0 Å². The van der Waals surface area contributed by atoms with E-state index in [1.54, 1.807) is 0 Å². The maximum Gasteiger partial charge on any atom is 0.338 e. The van der Waals surface area contributed by atoms with Crippen molar-refractivity contribution in [2.45, 2.75) is 19.4 Å². The number of nitro benzene ring substituents is 1. The van der Waals surface area contributed by atoms with Crippen LogP contribution in [0.25, 0.3) is 0 Å². The van der Waals surface area contributed by atoms with Crippen LogP contribution in [0.1, 0.15) is 23.7 Å². The van der Waals surface area contributed by atoms with Crippen molar-refractivity contribution in [3.63, 3.8) is 0 Å². The number of hydrogen-bond donors (Lipinski definition) is 1. The minimum absolute atomic E-state index is 0.0655. The average molecular weight is 315 g/mol. The molecule has 2 rings (SSSR count). The van der Waals surface area contributed by atoms with Crippen LogP contribution in [0.2, 0.25) is 5.02 Å². The van der Waals surface area contributed by atoms with Crippen molar-refractivity contribution in [1.82, 2.24) is 0 Å². The zero-order chi connectivity index (χ0) is 15.6. The Kier molecular flexibility index (Phi) is 4.64. The highest BCUT2D eigenvalue weighted by Crippen LogP contribution is 2.35. The Labute approximate surface area is 126 Å². The van der Waals surface area contributed by atoms with Gasteiger partial charge in [-0.15, -0.1) is 0 Å². The molecular formula is C13H15ClN2O5. The second-order valence-corrected chi connectivity index (χ2v) is 5.27. The van der Waals surface area contributed by atoms with Gasteiger partial charge in [-0.25, -0.2) is 4.79 Å². The van der Waals surface area contributed by atoms with E-state index in [1.807, 2.05) is 11.8 Å². The van der Waals surface area contributed by atoms with Gasteiger partial charge in [0.15, 0.2) is 0 Å². The van der Waals surface area contributed by atoms with Crippen LogP contribution >= 0.6 is 11.6 Å². The lowest BCUT2D eigenvalue weighted by molar-refractivity contribution is -0.384. The highest BCUT2D eigenvalue weighted by atomic mass is 35.5. The Balaban J connectivity index is 2.50. The van der Waals surface area contributed by atoms with Crippen molar-refractivity contribution in [3.8, 4) is 0 Å². The van der Waals surface area contributed by atoms with Gasteiger partial charge in [0.25, 0.3) is 5.69 Å². The molecule has 1 aromatic rings. The summed E-state index contributed by atoms with van der Waals surface area (Å²) in [6.45, 7) is 3.54. The number of non-ortho nitro benzene ring substituents is 1. The lowest BCUT2D eigenvalue weighted by atomic mass is 10.1. The van der Waals surface area contributed by atoms with Gasteiger partial charge >= 0.3 is 5.97 Å². The van der Waals surface area contributed by atoms with Gasteiger partial charge in [0.05, 0.1) is 27.3 Å². The first-order chi connectivity index (χ1) is 9.90. The molecule has 0 radical (unpaired) electrons. The summed E-state index contributed by atoms with van der Waals surface area (Å²) < 4.78 is 5.52. The fourth-order valence-electron chi connectivity index (χ4n) is 2.37. The van der Waals surface area contributed by atoms with Crippen LogP contribution in [0.3, 0.4) is 0 Å². The van der Waals surface area contributed by atoms with E-state index in [9.17, 15) is 20.0 Å². The Hall–Kier alpha value is -1.86. The van der Waals surface area contributed by atoms with Crippen LogP contribution in [-0.4, -0.2) is 41.8 Å². The predicted molar refractivity (Wildman–Crippen MR) is 77.3 cm³/mol. The standard InChI is InChI=1S/C13H15ClN2O5/c1-8-7-15(3-2-4-21-8)12-10(13(17)18)5-9(16(19)20)6-11(12)14/h5-6,8H,2-4,7H2,1H3,(H,17,18). The van der Waals surface area contributed by atoms with Crippen molar-refractivity contribution in [3.05, 3.63) is 32.8 Å². The molecule has 1 aliphatic heterocycles. The summed E-state index contributed by atoms with van der Waals surface area (Å²) in [7, 11) is 0. The van der Waals surface area contributed by atoms with Crippen molar-refractivity contribution in [1.29, 1.82) is 0 Å². The number of ether oxygens (including phenoxy) is 1. The number of nitro groups is 1. The number of carboxylic acids is 1. The van der Waals surface area contributed by atoms with Gasteiger partial charge in [-0.05, 0) is 13.3 Å². The van der Waals surface area contributed by atoms with E-state index in [1.165, 1.54) is 6.07 Å². The lowest BCUT2D eigenvalue weighted by Gasteiger charge is -2.26. The van der Waals surface area contributed by atoms with Gasteiger partial charge in [-0.3, -0.25) is 10.1 Å². The Bertz CT molecular complexity index is 578. The van der Waals surface area contributed by atoms with Crippen LogP contribution in [0, 0.1) is 10.1 Å². The zero-order valence-corrected chi connectivity index (χ0v) is 12.2. The topological polar surface area (TPSA) is 92.9 Å². The lowest BCUT2D eigenvalue weighted by Crippen LogP contribution is -2.31. The molecule has 1 unspecified atom stereocenters. The van der Waals surface area contributed by atoms with Gasteiger partial charge in [-0.2, -0.15) is 0 Å². The number of nitrogens with zero attached hydrogens (tertiary/aromatic N) is 2. The minimum Gasteiger partial charge on any atom is -0.478 e. The molecular weight excluding hydrogens is 300 g/mol. The van der Waals surface area contributed by atoms with Crippen LogP contribution in [-0.2, 0) is 4.74 Å². The van der Waals surface area contributed by atoms with E-state index in [2.05, 4.69) is 0 Å². The van der Waals surface area contributed by atoms with Crippen LogP contribution < -0.4 is 4.90 Å². The van der Waals surface area contributed by atoms with Crippen molar-refractivity contribution >= 4 is 28.9 Å². The smallest absolute Gasteiger partial charge is 0.338 e. The van der Waals surface area contributed by atoms with E-state index in [4.69, 9.17) is 16.3 Å². The normalized spacial score (nSPS) is 19.1. The molecule has 1 saturated heterocycles. The Morgan fingerprint density at radius 3 is 2.90 bits per heavy atom. The molecule has 8 heteroatoms. The first-order valence-corrected chi connectivity index (χ1v) is 6.85. The summed E-state index contributed by atoms with van der Waals surface area (Å²) in [5.74, 6) is -1.24. The van der Waals surface area contributed by atoms with E-state index in [0.29, 0.717) is 25.4 Å². The number of anilines is 1. The number of carbonyl (C=O) groups is 1. The Morgan fingerprint density at radius 2 is 2.29 bits per heavy atom. The van der Waals surface area contributed by atoms with Crippen molar-refractivity contribution in [2.75, 3.05) is 24.6 Å². The molecule has 114 valence electrons. The summed E-state index contributed by atoms with van der Waals surface area (Å²) in [4.78, 5) is 23.4. The molecule has 1 fully saturated rings. The molecule has 1 atom stereocenters. The summed E-state index contributed by atoms with van der Waals surface area (Å²) in [6, 6.07) is 2.22. The molecule has 0 saturated carbocycles. The number of rotatable bonds is 3. The van der Waals surface area contributed by atoms with E-state index in [-0.39, 0.29) is 22.4 Å². The SMILES string of the molecule is CC1CN(c2c(Cl)cc([N+](=O)[O-])cc2C(=O)O)CCCO1. The third kappa shape index (κ3) is 3.43. The largest absolute Gasteiger partial charge is 0.478 e. The van der Waals surface area contributed by atoms with Crippen molar-refractivity contribution < 1.29 is 19.6 Å².